The Bertz CT molecular complexity index is 454. The van der Waals surface area contributed by atoms with Gasteiger partial charge in [-0.05, 0) is 24.3 Å². The number of benzene rings is 1. The van der Waals surface area contributed by atoms with Crippen LogP contribution in [0, 0.1) is 0 Å². The summed E-state index contributed by atoms with van der Waals surface area (Å²) in [6.45, 7) is 1.24. The van der Waals surface area contributed by atoms with Crippen LogP contribution in [0.5, 0.6) is 0 Å². The molecule has 0 aliphatic carbocycles. The van der Waals surface area contributed by atoms with Crippen LogP contribution in [-0.2, 0) is 14.3 Å². The molecule has 0 aliphatic rings. The minimum Gasteiger partial charge on any atom is -0.465 e. The molecule has 0 unspecified atom stereocenters. The third kappa shape index (κ3) is 4.25. The standard InChI is InChI=1S/C12H14N2O4/c1-8(15)13-7-11(16)14-10-5-3-9(4-6-10)12(17)18-2/h3-6H,7H2,1-2H3,(H,13,15)(H,14,16). The van der Waals surface area contributed by atoms with Crippen LogP contribution in [0.4, 0.5) is 5.69 Å². The molecule has 0 bridgehead atoms. The average Bonchev–Trinajstić information content (AvgIpc) is 2.36. The highest BCUT2D eigenvalue weighted by atomic mass is 16.5. The molecule has 96 valence electrons. The summed E-state index contributed by atoms with van der Waals surface area (Å²) in [4.78, 5) is 33.2. The molecule has 6 heteroatoms. The molecular formula is C12H14N2O4. The fourth-order valence-corrected chi connectivity index (χ4v) is 1.22. The van der Waals surface area contributed by atoms with Gasteiger partial charge < -0.3 is 15.4 Å². The van der Waals surface area contributed by atoms with Crippen molar-refractivity contribution in [1.29, 1.82) is 0 Å². The Kier molecular flexibility index (Phi) is 4.86. The molecule has 2 N–H and O–H groups in total. The number of rotatable bonds is 4. The van der Waals surface area contributed by atoms with Crippen molar-refractivity contribution in [3.8, 4) is 0 Å². The summed E-state index contributed by atoms with van der Waals surface area (Å²) in [5, 5.41) is 4.95. The number of carbonyl (C=O) groups excluding carboxylic acids is 3. The highest BCUT2D eigenvalue weighted by Gasteiger charge is 2.06. The molecule has 1 aromatic carbocycles. The highest BCUT2D eigenvalue weighted by molar-refractivity contribution is 5.95. The molecule has 0 atom stereocenters. The lowest BCUT2D eigenvalue weighted by Gasteiger charge is -2.06. The Morgan fingerprint density at radius 3 is 2.28 bits per heavy atom. The second-order valence-electron chi connectivity index (χ2n) is 3.53. The Morgan fingerprint density at radius 2 is 1.78 bits per heavy atom. The summed E-state index contributed by atoms with van der Waals surface area (Å²) in [6.07, 6.45) is 0. The SMILES string of the molecule is COC(=O)c1ccc(NC(=O)CNC(C)=O)cc1. The van der Waals surface area contributed by atoms with Crippen molar-refractivity contribution in [3.63, 3.8) is 0 Å². The maximum Gasteiger partial charge on any atom is 0.337 e. The van der Waals surface area contributed by atoms with Crippen molar-refractivity contribution in [2.45, 2.75) is 6.92 Å². The normalized spacial score (nSPS) is 9.44. The van der Waals surface area contributed by atoms with Crippen LogP contribution in [0.3, 0.4) is 0 Å². The van der Waals surface area contributed by atoms with E-state index in [2.05, 4.69) is 15.4 Å². The van der Waals surface area contributed by atoms with E-state index >= 15 is 0 Å². The molecule has 6 nitrogen and oxygen atoms in total. The molecule has 0 aromatic heterocycles. The first-order valence-corrected chi connectivity index (χ1v) is 5.25. The van der Waals surface area contributed by atoms with Crippen LogP contribution < -0.4 is 10.6 Å². The second-order valence-corrected chi connectivity index (χ2v) is 3.53. The summed E-state index contributed by atoms with van der Waals surface area (Å²) < 4.78 is 4.55. The summed E-state index contributed by atoms with van der Waals surface area (Å²) in [5.74, 6) is -1.05. The average molecular weight is 250 g/mol. The zero-order valence-corrected chi connectivity index (χ0v) is 10.1. The highest BCUT2D eigenvalue weighted by Crippen LogP contribution is 2.10. The molecular weight excluding hydrogens is 236 g/mol. The molecule has 0 fully saturated rings. The third-order valence-corrected chi connectivity index (χ3v) is 2.09. The molecule has 2 amide bonds. The molecule has 0 saturated carbocycles. The van der Waals surface area contributed by atoms with Crippen molar-refractivity contribution in [1.82, 2.24) is 5.32 Å². The number of nitrogens with one attached hydrogen (secondary N) is 2. The first kappa shape index (κ1) is 13.7. The van der Waals surface area contributed by atoms with Gasteiger partial charge in [-0.1, -0.05) is 0 Å². The van der Waals surface area contributed by atoms with Crippen molar-refractivity contribution < 1.29 is 19.1 Å². The lowest BCUT2D eigenvalue weighted by atomic mass is 10.2. The van der Waals surface area contributed by atoms with Gasteiger partial charge >= 0.3 is 5.97 Å². The number of ether oxygens (including phenoxy) is 1. The zero-order chi connectivity index (χ0) is 13.5. The maximum absolute atomic E-state index is 11.4. The van der Waals surface area contributed by atoms with Crippen LogP contribution >= 0.6 is 0 Å². The third-order valence-electron chi connectivity index (χ3n) is 2.09. The van der Waals surface area contributed by atoms with E-state index in [1.165, 1.54) is 14.0 Å². The predicted octanol–water partition coefficient (Wildman–Crippen LogP) is 0.548. The molecule has 18 heavy (non-hydrogen) atoms. The fourth-order valence-electron chi connectivity index (χ4n) is 1.22. The lowest BCUT2D eigenvalue weighted by Crippen LogP contribution is -2.31. The van der Waals surface area contributed by atoms with Gasteiger partial charge in [-0.3, -0.25) is 9.59 Å². The van der Waals surface area contributed by atoms with E-state index in [-0.39, 0.29) is 18.4 Å². The number of methoxy groups -OCH3 is 1. The van der Waals surface area contributed by atoms with Gasteiger partial charge in [0.1, 0.15) is 0 Å². The molecule has 0 aliphatic heterocycles. The number of esters is 1. The molecule has 0 saturated heterocycles. The van der Waals surface area contributed by atoms with Crippen molar-refractivity contribution in [2.75, 3.05) is 19.0 Å². The fraction of sp³-hybridized carbons (Fsp3) is 0.250. The largest absolute Gasteiger partial charge is 0.465 e. The summed E-state index contributed by atoms with van der Waals surface area (Å²) in [5.41, 5.74) is 0.940. The van der Waals surface area contributed by atoms with E-state index in [9.17, 15) is 14.4 Å². The lowest BCUT2D eigenvalue weighted by molar-refractivity contribution is -0.122. The van der Waals surface area contributed by atoms with Crippen molar-refractivity contribution in [2.24, 2.45) is 0 Å². The van der Waals surface area contributed by atoms with Crippen LogP contribution in [0.2, 0.25) is 0 Å². The van der Waals surface area contributed by atoms with E-state index in [0.717, 1.165) is 0 Å². The number of hydrogen-bond acceptors (Lipinski definition) is 4. The Labute approximate surface area is 104 Å². The Balaban J connectivity index is 2.55. The van der Waals surface area contributed by atoms with Gasteiger partial charge in [-0.2, -0.15) is 0 Å². The first-order chi connectivity index (χ1) is 8.52. The van der Waals surface area contributed by atoms with Gasteiger partial charge in [0.15, 0.2) is 0 Å². The van der Waals surface area contributed by atoms with Crippen LogP contribution in [-0.4, -0.2) is 31.4 Å². The van der Waals surface area contributed by atoms with Gasteiger partial charge in [0.25, 0.3) is 0 Å². The van der Waals surface area contributed by atoms with E-state index in [4.69, 9.17) is 0 Å². The first-order valence-electron chi connectivity index (χ1n) is 5.25. The zero-order valence-electron chi connectivity index (χ0n) is 10.1. The van der Waals surface area contributed by atoms with E-state index < -0.39 is 5.97 Å². The van der Waals surface area contributed by atoms with E-state index in [1.54, 1.807) is 24.3 Å². The van der Waals surface area contributed by atoms with Crippen molar-refractivity contribution in [3.05, 3.63) is 29.8 Å². The van der Waals surface area contributed by atoms with Gasteiger partial charge in [0.2, 0.25) is 11.8 Å². The van der Waals surface area contributed by atoms with Crippen LogP contribution in [0.15, 0.2) is 24.3 Å². The van der Waals surface area contributed by atoms with E-state index in [1.807, 2.05) is 0 Å². The molecule has 1 aromatic rings. The number of carbonyl (C=O) groups is 3. The van der Waals surface area contributed by atoms with Crippen LogP contribution in [0.1, 0.15) is 17.3 Å². The van der Waals surface area contributed by atoms with Crippen LogP contribution in [0.25, 0.3) is 0 Å². The molecule has 0 radical (unpaired) electrons. The quantitative estimate of drug-likeness (QED) is 0.764. The van der Waals surface area contributed by atoms with Gasteiger partial charge in [-0.15, -0.1) is 0 Å². The Hall–Kier alpha value is -2.37. The number of hydrogen-bond donors (Lipinski definition) is 2. The minimum absolute atomic E-state index is 0.0892. The summed E-state index contributed by atoms with van der Waals surface area (Å²) in [7, 11) is 1.30. The summed E-state index contributed by atoms with van der Waals surface area (Å²) in [6, 6.07) is 6.25. The van der Waals surface area contributed by atoms with E-state index in [0.29, 0.717) is 11.3 Å². The summed E-state index contributed by atoms with van der Waals surface area (Å²) >= 11 is 0. The van der Waals surface area contributed by atoms with Gasteiger partial charge in [-0.25, -0.2) is 4.79 Å². The topological polar surface area (TPSA) is 84.5 Å². The number of amides is 2. The minimum atomic E-state index is -0.439. The predicted molar refractivity (Wildman–Crippen MR) is 65.1 cm³/mol. The van der Waals surface area contributed by atoms with Gasteiger partial charge in [0, 0.05) is 12.6 Å². The molecule has 0 heterocycles. The molecule has 1 rings (SSSR count). The smallest absolute Gasteiger partial charge is 0.337 e. The number of anilines is 1. The van der Waals surface area contributed by atoms with Crippen molar-refractivity contribution >= 4 is 23.5 Å². The second kappa shape index (κ2) is 6.39. The Morgan fingerprint density at radius 1 is 1.17 bits per heavy atom. The monoisotopic (exact) mass is 250 g/mol. The maximum atomic E-state index is 11.4. The van der Waals surface area contributed by atoms with Gasteiger partial charge in [0.05, 0.1) is 19.2 Å². The molecule has 0 spiro atoms.